The van der Waals surface area contributed by atoms with Gasteiger partial charge in [0.05, 0.1) is 0 Å². The van der Waals surface area contributed by atoms with Crippen molar-refractivity contribution in [3.63, 3.8) is 0 Å². The molecule has 0 saturated carbocycles. The van der Waals surface area contributed by atoms with Crippen molar-refractivity contribution in [3.8, 4) is 0 Å². The van der Waals surface area contributed by atoms with E-state index in [1.54, 1.807) is 0 Å². The molecule has 0 spiro atoms. The molecule has 0 aliphatic rings. The van der Waals surface area contributed by atoms with E-state index in [4.69, 9.17) is 4.74 Å². The quantitative estimate of drug-likeness (QED) is 0.329. The van der Waals surface area contributed by atoms with E-state index in [0.29, 0.717) is 0 Å². The van der Waals surface area contributed by atoms with Gasteiger partial charge in [0.15, 0.2) is 5.96 Å². The predicted molar refractivity (Wildman–Crippen MR) is 88.4 cm³/mol. The Hall–Kier alpha value is -0.770. The number of hydrogen-bond donors (Lipinski definition) is 2. The summed E-state index contributed by atoms with van der Waals surface area (Å²) in [6.45, 7) is 10.2. The molecule has 0 aromatic carbocycles. The third-order valence-corrected chi connectivity index (χ3v) is 3.54. The minimum absolute atomic E-state index is 0.756. The van der Waals surface area contributed by atoms with Crippen LogP contribution in [0.15, 0.2) is 4.99 Å². The topological polar surface area (TPSA) is 45.7 Å². The SMILES string of the molecule is CCCCC(CC)CNC(=NC)NCCCCOCC. The van der Waals surface area contributed by atoms with Crippen molar-refractivity contribution in [1.82, 2.24) is 10.6 Å². The van der Waals surface area contributed by atoms with Gasteiger partial charge < -0.3 is 15.4 Å². The molecule has 0 saturated heterocycles. The maximum atomic E-state index is 5.32. The zero-order valence-electron chi connectivity index (χ0n) is 14.0. The number of aliphatic imine (C=N–C) groups is 1. The van der Waals surface area contributed by atoms with Crippen molar-refractivity contribution in [3.05, 3.63) is 0 Å². The second kappa shape index (κ2) is 14.6. The zero-order valence-corrected chi connectivity index (χ0v) is 14.0. The monoisotopic (exact) mass is 285 g/mol. The van der Waals surface area contributed by atoms with Gasteiger partial charge in [-0.25, -0.2) is 0 Å². The lowest BCUT2D eigenvalue weighted by Gasteiger charge is -2.18. The molecule has 120 valence electrons. The molecule has 1 atom stereocenters. The number of nitrogens with one attached hydrogen (secondary N) is 2. The largest absolute Gasteiger partial charge is 0.382 e. The van der Waals surface area contributed by atoms with Crippen LogP contribution >= 0.6 is 0 Å². The Morgan fingerprint density at radius 1 is 1.10 bits per heavy atom. The van der Waals surface area contributed by atoms with Crippen molar-refractivity contribution in [1.29, 1.82) is 0 Å². The van der Waals surface area contributed by atoms with Gasteiger partial charge in [-0.2, -0.15) is 0 Å². The molecule has 1 unspecified atom stereocenters. The first-order valence-corrected chi connectivity index (χ1v) is 8.30. The van der Waals surface area contributed by atoms with E-state index in [0.717, 1.165) is 51.0 Å². The highest BCUT2D eigenvalue weighted by Gasteiger charge is 2.06. The molecule has 0 aliphatic heterocycles. The zero-order chi connectivity index (χ0) is 15.1. The Morgan fingerprint density at radius 3 is 2.50 bits per heavy atom. The average molecular weight is 285 g/mol. The number of rotatable bonds is 12. The van der Waals surface area contributed by atoms with Crippen LogP contribution in [0.2, 0.25) is 0 Å². The van der Waals surface area contributed by atoms with Gasteiger partial charge in [0.1, 0.15) is 0 Å². The third-order valence-electron chi connectivity index (χ3n) is 3.54. The maximum Gasteiger partial charge on any atom is 0.190 e. The molecule has 2 N–H and O–H groups in total. The number of nitrogens with zero attached hydrogens (tertiary/aromatic N) is 1. The lowest BCUT2D eigenvalue weighted by molar-refractivity contribution is 0.143. The van der Waals surface area contributed by atoms with Crippen molar-refractivity contribution >= 4 is 5.96 Å². The first-order chi connectivity index (χ1) is 9.78. The Morgan fingerprint density at radius 2 is 1.90 bits per heavy atom. The Bertz CT molecular complexity index is 232. The summed E-state index contributed by atoms with van der Waals surface area (Å²) in [5.41, 5.74) is 0. The minimum Gasteiger partial charge on any atom is -0.382 e. The van der Waals surface area contributed by atoms with Gasteiger partial charge in [-0.3, -0.25) is 4.99 Å². The summed E-state index contributed by atoms with van der Waals surface area (Å²) in [6, 6.07) is 0. The van der Waals surface area contributed by atoms with Crippen molar-refractivity contribution in [2.75, 3.05) is 33.4 Å². The van der Waals surface area contributed by atoms with E-state index in [-0.39, 0.29) is 0 Å². The summed E-state index contributed by atoms with van der Waals surface area (Å²) in [4.78, 5) is 4.27. The number of guanidine groups is 1. The van der Waals surface area contributed by atoms with E-state index in [1.165, 1.54) is 25.7 Å². The Balaban J connectivity index is 3.70. The van der Waals surface area contributed by atoms with Crippen LogP contribution in [0.3, 0.4) is 0 Å². The molecule has 0 bridgehead atoms. The molecule has 0 rings (SSSR count). The van der Waals surface area contributed by atoms with Gasteiger partial charge in [-0.15, -0.1) is 0 Å². The van der Waals surface area contributed by atoms with Crippen LogP contribution in [0.1, 0.15) is 59.3 Å². The molecule has 0 fully saturated rings. The first kappa shape index (κ1) is 19.2. The van der Waals surface area contributed by atoms with Crippen LogP contribution in [0.4, 0.5) is 0 Å². The molecular formula is C16H35N3O. The molecule has 0 aromatic heterocycles. The molecule has 20 heavy (non-hydrogen) atoms. The summed E-state index contributed by atoms with van der Waals surface area (Å²) in [6.07, 6.45) is 7.37. The normalized spacial score (nSPS) is 13.3. The van der Waals surface area contributed by atoms with Crippen LogP contribution in [-0.4, -0.2) is 39.3 Å². The molecule has 4 heteroatoms. The summed E-state index contributed by atoms with van der Waals surface area (Å²) in [5, 5.41) is 6.80. The smallest absolute Gasteiger partial charge is 0.190 e. The van der Waals surface area contributed by atoms with Crippen LogP contribution in [0.5, 0.6) is 0 Å². The lowest BCUT2D eigenvalue weighted by Crippen LogP contribution is -2.40. The lowest BCUT2D eigenvalue weighted by atomic mass is 9.99. The first-order valence-electron chi connectivity index (χ1n) is 8.30. The van der Waals surface area contributed by atoms with E-state index in [2.05, 4.69) is 29.5 Å². The fourth-order valence-corrected chi connectivity index (χ4v) is 2.09. The van der Waals surface area contributed by atoms with Gasteiger partial charge in [0.25, 0.3) is 0 Å². The summed E-state index contributed by atoms with van der Waals surface area (Å²) in [5.74, 6) is 1.68. The number of unbranched alkanes of at least 4 members (excludes halogenated alkanes) is 2. The summed E-state index contributed by atoms with van der Waals surface area (Å²) < 4.78 is 5.32. The number of hydrogen-bond acceptors (Lipinski definition) is 2. The fourth-order valence-electron chi connectivity index (χ4n) is 2.09. The molecule has 0 amide bonds. The second-order valence-corrected chi connectivity index (χ2v) is 5.20. The molecule has 0 aliphatic carbocycles. The molecule has 0 heterocycles. The maximum absolute atomic E-state index is 5.32. The third kappa shape index (κ3) is 11.1. The highest BCUT2D eigenvalue weighted by Crippen LogP contribution is 2.10. The summed E-state index contributed by atoms with van der Waals surface area (Å²) >= 11 is 0. The highest BCUT2D eigenvalue weighted by molar-refractivity contribution is 5.79. The van der Waals surface area contributed by atoms with Gasteiger partial charge in [0, 0.05) is 33.4 Å². The molecule has 4 nitrogen and oxygen atoms in total. The van der Waals surface area contributed by atoms with Gasteiger partial charge >= 0.3 is 0 Å². The number of ether oxygens (including phenoxy) is 1. The van der Waals surface area contributed by atoms with Crippen LogP contribution in [-0.2, 0) is 4.74 Å². The standard InChI is InChI=1S/C16H35N3O/c1-5-8-11-15(6-2)14-19-16(17-4)18-12-9-10-13-20-7-3/h15H,5-14H2,1-4H3,(H2,17,18,19). The Kier molecular flexibility index (Phi) is 14.1. The molecular weight excluding hydrogens is 250 g/mol. The highest BCUT2D eigenvalue weighted by atomic mass is 16.5. The molecule has 0 aromatic rings. The minimum atomic E-state index is 0.756. The van der Waals surface area contributed by atoms with E-state index in [9.17, 15) is 0 Å². The van der Waals surface area contributed by atoms with Gasteiger partial charge in [-0.05, 0) is 32.1 Å². The van der Waals surface area contributed by atoms with Crippen molar-refractivity contribution in [2.24, 2.45) is 10.9 Å². The fraction of sp³-hybridized carbons (Fsp3) is 0.938. The molecule has 0 radical (unpaired) electrons. The summed E-state index contributed by atoms with van der Waals surface area (Å²) in [7, 11) is 1.84. The van der Waals surface area contributed by atoms with E-state index in [1.807, 2.05) is 14.0 Å². The van der Waals surface area contributed by atoms with Crippen LogP contribution in [0, 0.1) is 5.92 Å². The predicted octanol–water partition coefficient (Wildman–Crippen LogP) is 3.18. The second-order valence-electron chi connectivity index (χ2n) is 5.20. The van der Waals surface area contributed by atoms with Crippen molar-refractivity contribution in [2.45, 2.75) is 59.3 Å². The van der Waals surface area contributed by atoms with Crippen LogP contribution < -0.4 is 10.6 Å². The average Bonchev–Trinajstić information content (AvgIpc) is 2.48. The van der Waals surface area contributed by atoms with Gasteiger partial charge in [0.2, 0.25) is 0 Å². The van der Waals surface area contributed by atoms with E-state index >= 15 is 0 Å². The van der Waals surface area contributed by atoms with Crippen LogP contribution in [0.25, 0.3) is 0 Å². The van der Waals surface area contributed by atoms with Gasteiger partial charge in [-0.1, -0.05) is 33.1 Å². The van der Waals surface area contributed by atoms with E-state index < -0.39 is 0 Å². The van der Waals surface area contributed by atoms with Crippen molar-refractivity contribution < 1.29 is 4.74 Å². The Labute approximate surface area is 125 Å².